The Morgan fingerprint density at radius 3 is 2.76 bits per heavy atom. The van der Waals surface area contributed by atoms with Crippen LogP contribution in [-0.4, -0.2) is 59.4 Å². The summed E-state index contributed by atoms with van der Waals surface area (Å²) in [6.07, 6.45) is 1.53. The Morgan fingerprint density at radius 1 is 1.41 bits per heavy atom. The third kappa shape index (κ3) is 2.44. The van der Waals surface area contributed by atoms with E-state index in [0.717, 1.165) is 26.2 Å². The van der Waals surface area contributed by atoms with Crippen LogP contribution in [0.4, 0.5) is 5.82 Å². The van der Waals surface area contributed by atoms with E-state index in [-0.39, 0.29) is 5.84 Å². The van der Waals surface area contributed by atoms with Crippen LogP contribution in [0.25, 0.3) is 0 Å². The summed E-state index contributed by atoms with van der Waals surface area (Å²) in [7, 11) is 2.08. The van der Waals surface area contributed by atoms with Crippen LogP contribution in [0.15, 0.2) is 17.4 Å². The van der Waals surface area contributed by atoms with Gasteiger partial charge in [-0.05, 0) is 13.1 Å². The molecule has 92 valence electrons. The van der Waals surface area contributed by atoms with Gasteiger partial charge in [0.25, 0.3) is 0 Å². The van der Waals surface area contributed by atoms with E-state index in [2.05, 4.69) is 32.2 Å². The number of likely N-dealkylation sites (N-methyl/N-ethyl adjacent to an activating group) is 1. The molecular weight excluding hydrogens is 220 g/mol. The molecule has 0 bridgehead atoms. The maximum absolute atomic E-state index is 8.74. The molecule has 1 fully saturated rings. The number of amidine groups is 1. The first-order chi connectivity index (χ1) is 8.22. The van der Waals surface area contributed by atoms with Crippen molar-refractivity contribution in [2.45, 2.75) is 0 Å². The highest BCUT2D eigenvalue weighted by atomic mass is 16.4. The van der Waals surface area contributed by atoms with E-state index in [9.17, 15) is 0 Å². The second-order valence-electron chi connectivity index (χ2n) is 4.04. The first-order valence-corrected chi connectivity index (χ1v) is 5.45. The Morgan fingerprint density at radius 2 is 2.12 bits per heavy atom. The second-order valence-corrected chi connectivity index (χ2v) is 4.04. The van der Waals surface area contributed by atoms with E-state index in [1.54, 1.807) is 6.07 Å². The van der Waals surface area contributed by atoms with E-state index >= 15 is 0 Å². The van der Waals surface area contributed by atoms with Crippen molar-refractivity contribution in [3.63, 3.8) is 0 Å². The van der Waals surface area contributed by atoms with Gasteiger partial charge in [-0.1, -0.05) is 5.16 Å². The lowest BCUT2D eigenvalue weighted by Crippen LogP contribution is -2.45. The van der Waals surface area contributed by atoms with E-state index in [4.69, 9.17) is 10.9 Å². The zero-order chi connectivity index (χ0) is 12.3. The van der Waals surface area contributed by atoms with Gasteiger partial charge in [0.2, 0.25) is 0 Å². The molecule has 1 aliphatic rings. The fourth-order valence-electron chi connectivity index (χ4n) is 1.83. The SMILES string of the molecule is CN1CCN(c2nnccc2/C(N)=N/O)CC1. The molecule has 1 aromatic heterocycles. The molecule has 1 saturated heterocycles. The van der Waals surface area contributed by atoms with E-state index < -0.39 is 0 Å². The van der Waals surface area contributed by atoms with Crippen molar-refractivity contribution in [2.75, 3.05) is 38.1 Å². The summed E-state index contributed by atoms with van der Waals surface area (Å²) in [5, 5.41) is 19.7. The van der Waals surface area contributed by atoms with Crippen molar-refractivity contribution < 1.29 is 5.21 Å². The van der Waals surface area contributed by atoms with Crippen molar-refractivity contribution in [1.82, 2.24) is 15.1 Å². The van der Waals surface area contributed by atoms with Crippen molar-refractivity contribution in [3.8, 4) is 0 Å². The van der Waals surface area contributed by atoms with Gasteiger partial charge in [0, 0.05) is 26.2 Å². The molecule has 0 spiro atoms. The molecule has 1 aromatic rings. The highest BCUT2D eigenvalue weighted by Crippen LogP contribution is 2.17. The van der Waals surface area contributed by atoms with Gasteiger partial charge in [-0.2, -0.15) is 5.10 Å². The number of nitrogens with zero attached hydrogens (tertiary/aromatic N) is 5. The minimum Gasteiger partial charge on any atom is -0.409 e. The first kappa shape index (κ1) is 11.6. The average Bonchev–Trinajstić information content (AvgIpc) is 2.39. The zero-order valence-electron chi connectivity index (χ0n) is 9.74. The fourth-order valence-corrected chi connectivity index (χ4v) is 1.83. The Hall–Kier alpha value is -1.89. The van der Waals surface area contributed by atoms with Gasteiger partial charge in [0.05, 0.1) is 11.8 Å². The molecule has 1 aliphatic heterocycles. The van der Waals surface area contributed by atoms with Gasteiger partial charge in [-0.3, -0.25) is 0 Å². The number of rotatable bonds is 2. The summed E-state index contributed by atoms with van der Waals surface area (Å²) in [5.74, 6) is 0.740. The van der Waals surface area contributed by atoms with Gasteiger partial charge in [0.15, 0.2) is 11.7 Å². The summed E-state index contributed by atoms with van der Waals surface area (Å²) in [5.41, 5.74) is 6.24. The van der Waals surface area contributed by atoms with Crippen molar-refractivity contribution in [1.29, 1.82) is 0 Å². The molecule has 2 rings (SSSR count). The summed E-state index contributed by atoms with van der Waals surface area (Å²) in [4.78, 5) is 4.34. The van der Waals surface area contributed by atoms with E-state index in [1.165, 1.54) is 6.20 Å². The minimum absolute atomic E-state index is 0.0637. The number of oxime groups is 1. The Bertz CT molecular complexity index is 413. The van der Waals surface area contributed by atoms with Crippen LogP contribution in [0.3, 0.4) is 0 Å². The first-order valence-electron chi connectivity index (χ1n) is 5.45. The van der Waals surface area contributed by atoms with Crippen LogP contribution < -0.4 is 10.6 Å². The molecule has 2 heterocycles. The number of hydrogen-bond donors (Lipinski definition) is 2. The fraction of sp³-hybridized carbons (Fsp3) is 0.500. The maximum atomic E-state index is 8.74. The summed E-state index contributed by atoms with van der Waals surface area (Å²) < 4.78 is 0. The predicted molar refractivity (Wildman–Crippen MR) is 64.3 cm³/mol. The summed E-state index contributed by atoms with van der Waals surface area (Å²) >= 11 is 0. The van der Waals surface area contributed by atoms with Crippen molar-refractivity contribution in [3.05, 3.63) is 17.8 Å². The lowest BCUT2D eigenvalue weighted by molar-refractivity contribution is 0.311. The van der Waals surface area contributed by atoms with Crippen molar-refractivity contribution in [2.24, 2.45) is 10.9 Å². The van der Waals surface area contributed by atoms with Gasteiger partial charge in [-0.25, -0.2) is 0 Å². The second kappa shape index (κ2) is 4.96. The normalized spacial score (nSPS) is 18.4. The van der Waals surface area contributed by atoms with Crippen LogP contribution >= 0.6 is 0 Å². The van der Waals surface area contributed by atoms with Gasteiger partial charge in [-0.15, -0.1) is 5.10 Å². The Labute approximate surface area is 99.5 Å². The smallest absolute Gasteiger partial charge is 0.173 e. The summed E-state index contributed by atoms with van der Waals surface area (Å²) in [6, 6.07) is 1.70. The van der Waals surface area contributed by atoms with Crippen LogP contribution in [0, 0.1) is 0 Å². The van der Waals surface area contributed by atoms with Gasteiger partial charge >= 0.3 is 0 Å². The van der Waals surface area contributed by atoms with Crippen molar-refractivity contribution >= 4 is 11.7 Å². The van der Waals surface area contributed by atoms with Gasteiger partial charge < -0.3 is 20.7 Å². The number of hydrogen-bond acceptors (Lipinski definition) is 6. The molecule has 0 saturated carbocycles. The monoisotopic (exact) mass is 236 g/mol. The lowest BCUT2D eigenvalue weighted by Gasteiger charge is -2.33. The van der Waals surface area contributed by atoms with Crippen LogP contribution in [0.5, 0.6) is 0 Å². The van der Waals surface area contributed by atoms with Crippen LogP contribution in [0.2, 0.25) is 0 Å². The van der Waals surface area contributed by atoms with E-state index in [0.29, 0.717) is 11.4 Å². The van der Waals surface area contributed by atoms with E-state index in [1.807, 2.05) is 0 Å². The van der Waals surface area contributed by atoms with Gasteiger partial charge in [0.1, 0.15) is 0 Å². The standard InChI is InChI=1S/C10H16N6O/c1-15-4-6-16(7-5-15)10-8(9(11)14-17)2-3-12-13-10/h2-3,17H,4-7H2,1H3,(H2,11,14). The Balaban J connectivity index is 2.26. The molecule has 0 radical (unpaired) electrons. The zero-order valence-corrected chi connectivity index (χ0v) is 9.74. The molecule has 7 heteroatoms. The molecule has 0 aromatic carbocycles. The third-order valence-electron chi connectivity index (χ3n) is 2.89. The number of nitrogens with two attached hydrogens (primary N) is 1. The summed E-state index contributed by atoms with van der Waals surface area (Å²) in [6.45, 7) is 3.65. The van der Waals surface area contributed by atoms with Crippen LogP contribution in [-0.2, 0) is 0 Å². The topological polar surface area (TPSA) is 90.9 Å². The molecule has 0 atom stereocenters. The maximum Gasteiger partial charge on any atom is 0.173 e. The number of aromatic nitrogens is 2. The molecule has 0 unspecified atom stereocenters. The molecule has 17 heavy (non-hydrogen) atoms. The Kier molecular flexibility index (Phi) is 3.38. The molecular formula is C10H16N6O. The predicted octanol–water partition coefficient (Wildman–Crippen LogP) is -0.677. The largest absolute Gasteiger partial charge is 0.409 e. The van der Waals surface area contributed by atoms with Crippen LogP contribution in [0.1, 0.15) is 5.56 Å². The highest BCUT2D eigenvalue weighted by molar-refractivity contribution is 6.01. The number of piperazine rings is 1. The molecule has 0 aliphatic carbocycles. The molecule has 0 amide bonds. The third-order valence-corrected chi connectivity index (χ3v) is 2.89. The quantitative estimate of drug-likeness (QED) is 0.306. The highest BCUT2D eigenvalue weighted by Gasteiger charge is 2.19. The molecule has 7 nitrogen and oxygen atoms in total. The minimum atomic E-state index is 0.0637. The average molecular weight is 236 g/mol. The lowest BCUT2D eigenvalue weighted by atomic mass is 10.2. The number of anilines is 1. The molecule has 3 N–H and O–H groups in total.